The highest BCUT2D eigenvalue weighted by Gasteiger charge is 2.19. The van der Waals surface area contributed by atoms with Gasteiger partial charge in [0.2, 0.25) is 0 Å². The van der Waals surface area contributed by atoms with Gasteiger partial charge in [-0.15, -0.1) is 0 Å². The van der Waals surface area contributed by atoms with Crippen LogP contribution in [0.5, 0.6) is 5.75 Å². The summed E-state index contributed by atoms with van der Waals surface area (Å²) in [6.45, 7) is 3.23. The molecule has 2 unspecified atom stereocenters. The van der Waals surface area contributed by atoms with E-state index in [4.69, 9.17) is 14.2 Å². The Labute approximate surface area is 115 Å². The Balaban J connectivity index is 1.96. The third-order valence-electron chi connectivity index (χ3n) is 3.41. The summed E-state index contributed by atoms with van der Waals surface area (Å²) in [6, 6.07) is 8.06. The van der Waals surface area contributed by atoms with E-state index < -0.39 is 0 Å². The van der Waals surface area contributed by atoms with Crippen molar-refractivity contribution >= 4 is 0 Å². The Morgan fingerprint density at radius 1 is 1.47 bits per heavy atom. The molecule has 0 amide bonds. The molecule has 1 heterocycles. The van der Waals surface area contributed by atoms with Gasteiger partial charge in [0.1, 0.15) is 5.75 Å². The largest absolute Gasteiger partial charge is 0.497 e. The zero-order valence-electron chi connectivity index (χ0n) is 11.7. The first-order valence-electron chi connectivity index (χ1n) is 6.81. The van der Waals surface area contributed by atoms with Crippen LogP contribution in [0.2, 0.25) is 0 Å². The molecule has 4 nitrogen and oxygen atoms in total. The Morgan fingerprint density at radius 3 is 3.05 bits per heavy atom. The molecule has 0 bridgehead atoms. The number of benzene rings is 1. The second kappa shape index (κ2) is 7.48. The molecule has 1 N–H and O–H groups in total. The summed E-state index contributed by atoms with van der Waals surface area (Å²) in [6.07, 6.45) is 1.16. The van der Waals surface area contributed by atoms with E-state index in [1.165, 1.54) is 0 Å². The minimum Gasteiger partial charge on any atom is -0.497 e. The molecule has 1 fully saturated rings. The first-order valence-corrected chi connectivity index (χ1v) is 6.81. The maximum atomic E-state index is 6.05. The van der Waals surface area contributed by atoms with Crippen molar-refractivity contribution in [2.45, 2.75) is 12.5 Å². The fraction of sp³-hybridized carbons (Fsp3) is 0.600. The lowest BCUT2D eigenvalue weighted by atomic mass is 10.1. The van der Waals surface area contributed by atoms with Crippen molar-refractivity contribution in [3.63, 3.8) is 0 Å². The number of hydrogen-bond donors (Lipinski definition) is 1. The van der Waals surface area contributed by atoms with Gasteiger partial charge in [0.15, 0.2) is 0 Å². The second-order valence-corrected chi connectivity index (χ2v) is 4.89. The normalized spacial score (nSPS) is 20.4. The van der Waals surface area contributed by atoms with Gasteiger partial charge in [-0.2, -0.15) is 0 Å². The van der Waals surface area contributed by atoms with Gasteiger partial charge in [-0.1, -0.05) is 12.1 Å². The average Bonchev–Trinajstić information content (AvgIpc) is 2.97. The van der Waals surface area contributed by atoms with Crippen LogP contribution in [0.25, 0.3) is 0 Å². The quantitative estimate of drug-likeness (QED) is 0.818. The van der Waals surface area contributed by atoms with Gasteiger partial charge in [0.05, 0.1) is 26.4 Å². The van der Waals surface area contributed by atoms with Gasteiger partial charge < -0.3 is 19.5 Å². The molecule has 1 aliphatic heterocycles. The first kappa shape index (κ1) is 14.3. The van der Waals surface area contributed by atoms with Crippen molar-refractivity contribution in [2.75, 3.05) is 40.5 Å². The summed E-state index contributed by atoms with van der Waals surface area (Å²) in [5.74, 6) is 1.40. The highest BCUT2D eigenvalue weighted by atomic mass is 16.5. The molecule has 19 heavy (non-hydrogen) atoms. The van der Waals surface area contributed by atoms with Crippen molar-refractivity contribution in [1.82, 2.24) is 5.32 Å². The van der Waals surface area contributed by atoms with Gasteiger partial charge in [-0.3, -0.25) is 0 Å². The van der Waals surface area contributed by atoms with Crippen LogP contribution in [0.1, 0.15) is 18.1 Å². The van der Waals surface area contributed by atoms with Crippen LogP contribution < -0.4 is 10.1 Å². The van der Waals surface area contributed by atoms with Crippen LogP contribution in [-0.4, -0.2) is 40.5 Å². The highest BCUT2D eigenvalue weighted by molar-refractivity contribution is 5.30. The Hall–Kier alpha value is -1.10. The molecule has 1 aromatic rings. The molecule has 4 heteroatoms. The Bertz CT molecular complexity index is 377. The molecule has 0 radical (unpaired) electrons. The average molecular weight is 265 g/mol. The molecule has 2 rings (SSSR count). The topological polar surface area (TPSA) is 39.7 Å². The summed E-state index contributed by atoms with van der Waals surface area (Å²) in [5, 5.41) is 3.18. The van der Waals surface area contributed by atoms with Crippen molar-refractivity contribution in [3.05, 3.63) is 29.8 Å². The lowest BCUT2D eigenvalue weighted by Gasteiger charge is -2.20. The van der Waals surface area contributed by atoms with Crippen LogP contribution >= 0.6 is 0 Å². The molecule has 106 valence electrons. The van der Waals surface area contributed by atoms with Crippen LogP contribution in [0.4, 0.5) is 0 Å². The third kappa shape index (κ3) is 4.20. The van der Waals surface area contributed by atoms with Crippen LogP contribution in [-0.2, 0) is 9.47 Å². The van der Waals surface area contributed by atoms with Crippen molar-refractivity contribution in [3.8, 4) is 5.75 Å². The summed E-state index contributed by atoms with van der Waals surface area (Å²) in [7, 11) is 3.62. The van der Waals surface area contributed by atoms with Crippen molar-refractivity contribution in [1.29, 1.82) is 0 Å². The lowest BCUT2D eigenvalue weighted by Crippen LogP contribution is -2.22. The molecule has 0 saturated carbocycles. The number of rotatable bonds is 7. The molecule has 1 aliphatic rings. The molecule has 1 saturated heterocycles. The van der Waals surface area contributed by atoms with E-state index in [-0.39, 0.29) is 6.10 Å². The minimum absolute atomic E-state index is 0.0562. The maximum Gasteiger partial charge on any atom is 0.119 e. The Kier molecular flexibility index (Phi) is 5.63. The molecule has 1 aromatic carbocycles. The van der Waals surface area contributed by atoms with E-state index in [0.717, 1.165) is 44.1 Å². The smallest absolute Gasteiger partial charge is 0.119 e. The fourth-order valence-corrected chi connectivity index (χ4v) is 2.27. The number of ether oxygens (including phenoxy) is 3. The summed E-state index contributed by atoms with van der Waals surface area (Å²) in [4.78, 5) is 0. The van der Waals surface area contributed by atoms with Crippen molar-refractivity contribution in [2.24, 2.45) is 5.92 Å². The summed E-state index contributed by atoms with van der Waals surface area (Å²) >= 11 is 0. The number of nitrogens with one attached hydrogen (secondary N) is 1. The first-order chi connectivity index (χ1) is 9.33. The fourth-order valence-electron chi connectivity index (χ4n) is 2.27. The zero-order chi connectivity index (χ0) is 13.5. The molecule has 0 aromatic heterocycles. The van der Waals surface area contributed by atoms with Gasteiger partial charge in [-0.05, 0) is 31.2 Å². The Morgan fingerprint density at radius 2 is 2.37 bits per heavy atom. The maximum absolute atomic E-state index is 6.05. The lowest BCUT2D eigenvalue weighted by molar-refractivity contribution is 0.0263. The van der Waals surface area contributed by atoms with E-state index >= 15 is 0 Å². The third-order valence-corrected chi connectivity index (χ3v) is 3.41. The van der Waals surface area contributed by atoms with E-state index in [1.807, 2.05) is 25.2 Å². The van der Waals surface area contributed by atoms with Gasteiger partial charge in [0, 0.05) is 19.1 Å². The van der Waals surface area contributed by atoms with Crippen LogP contribution in [0, 0.1) is 5.92 Å². The van der Waals surface area contributed by atoms with Crippen molar-refractivity contribution < 1.29 is 14.2 Å². The van der Waals surface area contributed by atoms with Gasteiger partial charge in [-0.25, -0.2) is 0 Å². The minimum atomic E-state index is 0.0562. The van der Waals surface area contributed by atoms with Crippen LogP contribution in [0.3, 0.4) is 0 Å². The molecule has 2 atom stereocenters. The predicted molar refractivity (Wildman–Crippen MR) is 74.5 cm³/mol. The number of likely N-dealkylation sites (N-methyl/N-ethyl adjacent to an activating group) is 1. The summed E-state index contributed by atoms with van der Waals surface area (Å²) < 4.78 is 16.7. The SMILES string of the molecule is CNCC(OCC1CCOC1)c1cccc(OC)c1. The monoisotopic (exact) mass is 265 g/mol. The van der Waals surface area contributed by atoms with E-state index in [0.29, 0.717) is 5.92 Å². The van der Waals surface area contributed by atoms with Gasteiger partial charge >= 0.3 is 0 Å². The van der Waals surface area contributed by atoms with E-state index in [1.54, 1.807) is 7.11 Å². The zero-order valence-corrected chi connectivity index (χ0v) is 11.7. The molecular formula is C15H23NO3. The van der Waals surface area contributed by atoms with Crippen LogP contribution in [0.15, 0.2) is 24.3 Å². The standard InChI is InChI=1S/C15H23NO3/c1-16-9-15(19-11-12-6-7-18-10-12)13-4-3-5-14(8-13)17-2/h3-5,8,12,15-16H,6-7,9-11H2,1-2H3. The molecule has 0 spiro atoms. The van der Waals surface area contributed by atoms with Gasteiger partial charge in [0.25, 0.3) is 0 Å². The highest BCUT2D eigenvalue weighted by Crippen LogP contribution is 2.23. The predicted octanol–water partition coefficient (Wildman–Crippen LogP) is 2.01. The van der Waals surface area contributed by atoms with E-state index in [2.05, 4.69) is 11.4 Å². The summed E-state index contributed by atoms with van der Waals surface area (Å²) in [5.41, 5.74) is 1.15. The van der Waals surface area contributed by atoms with E-state index in [9.17, 15) is 0 Å². The number of methoxy groups -OCH3 is 1. The molecular weight excluding hydrogens is 242 g/mol. The number of hydrogen-bond acceptors (Lipinski definition) is 4. The second-order valence-electron chi connectivity index (χ2n) is 4.89. The molecule has 0 aliphatic carbocycles.